The number of nitrogens with one attached hydrogen (secondary N) is 1. The molecular formula is C11H17N3O4S. The van der Waals surface area contributed by atoms with Crippen molar-refractivity contribution >= 4 is 9.84 Å². The second-order valence-corrected chi connectivity index (χ2v) is 7.23. The molecular weight excluding hydrogens is 270 g/mol. The number of hydrogen-bond acceptors (Lipinski definition) is 7. The Morgan fingerprint density at radius 3 is 2.95 bits per heavy atom. The Morgan fingerprint density at radius 1 is 1.32 bits per heavy atom. The van der Waals surface area contributed by atoms with Gasteiger partial charge in [0.15, 0.2) is 15.7 Å². The normalized spacial score (nSPS) is 31.2. The molecule has 2 unspecified atom stereocenters. The SMILES string of the molecule is O=S1(=O)CCCCC1c1nc(C2COCCN2)no1. The lowest BCUT2D eigenvalue weighted by atomic mass is 10.2. The van der Waals surface area contributed by atoms with Gasteiger partial charge in [-0.3, -0.25) is 0 Å². The lowest BCUT2D eigenvalue weighted by Gasteiger charge is -2.20. The van der Waals surface area contributed by atoms with Crippen LogP contribution in [0.3, 0.4) is 0 Å². The molecule has 8 heteroatoms. The molecule has 19 heavy (non-hydrogen) atoms. The lowest BCUT2D eigenvalue weighted by molar-refractivity contribution is 0.0734. The molecule has 1 aromatic rings. The molecule has 0 radical (unpaired) electrons. The van der Waals surface area contributed by atoms with Crippen molar-refractivity contribution in [3.63, 3.8) is 0 Å². The van der Waals surface area contributed by atoms with Crippen LogP contribution in [0.2, 0.25) is 0 Å². The molecule has 0 aliphatic carbocycles. The largest absolute Gasteiger partial charge is 0.378 e. The number of morpholine rings is 1. The van der Waals surface area contributed by atoms with Crippen LogP contribution in [-0.4, -0.2) is 44.1 Å². The minimum absolute atomic E-state index is 0.113. The molecule has 2 atom stereocenters. The minimum atomic E-state index is -3.14. The molecule has 7 nitrogen and oxygen atoms in total. The van der Waals surface area contributed by atoms with Crippen LogP contribution < -0.4 is 5.32 Å². The zero-order chi connectivity index (χ0) is 13.3. The van der Waals surface area contributed by atoms with Gasteiger partial charge in [-0.1, -0.05) is 11.6 Å². The van der Waals surface area contributed by atoms with E-state index in [9.17, 15) is 8.42 Å². The van der Waals surface area contributed by atoms with E-state index in [0.29, 0.717) is 25.5 Å². The number of aromatic nitrogens is 2. The third-order valence-corrected chi connectivity index (χ3v) is 5.71. The highest BCUT2D eigenvalue weighted by Crippen LogP contribution is 2.32. The van der Waals surface area contributed by atoms with Gasteiger partial charge in [-0.2, -0.15) is 4.98 Å². The molecule has 3 rings (SSSR count). The molecule has 0 aromatic carbocycles. The predicted molar refractivity (Wildman–Crippen MR) is 66.2 cm³/mol. The van der Waals surface area contributed by atoms with Crippen LogP contribution in [-0.2, 0) is 14.6 Å². The molecule has 1 aromatic heterocycles. The van der Waals surface area contributed by atoms with Crippen molar-refractivity contribution in [1.29, 1.82) is 0 Å². The summed E-state index contributed by atoms with van der Waals surface area (Å²) < 4.78 is 34.5. The van der Waals surface area contributed by atoms with E-state index in [2.05, 4.69) is 15.5 Å². The molecule has 2 fully saturated rings. The first-order valence-corrected chi connectivity index (χ1v) is 8.24. The maximum atomic E-state index is 12.0. The van der Waals surface area contributed by atoms with Gasteiger partial charge in [0.05, 0.1) is 25.0 Å². The monoisotopic (exact) mass is 287 g/mol. The van der Waals surface area contributed by atoms with Crippen LogP contribution in [0.5, 0.6) is 0 Å². The fourth-order valence-corrected chi connectivity index (χ4v) is 4.30. The fraction of sp³-hybridized carbons (Fsp3) is 0.818. The number of rotatable bonds is 2. The van der Waals surface area contributed by atoms with E-state index in [0.717, 1.165) is 19.4 Å². The molecule has 0 bridgehead atoms. The lowest BCUT2D eigenvalue weighted by Crippen LogP contribution is -2.35. The van der Waals surface area contributed by atoms with E-state index in [-0.39, 0.29) is 17.7 Å². The molecule has 1 N–H and O–H groups in total. The van der Waals surface area contributed by atoms with Crippen LogP contribution in [0.15, 0.2) is 4.52 Å². The Labute approximate surface area is 111 Å². The number of hydrogen-bond donors (Lipinski definition) is 1. The summed E-state index contributed by atoms with van der Waals surface area (Å²) in [4.78, 5) is 4.25. The Hall–Kier alpha value is -0.990. The van der Waals surface area contributed by atoms with Crippen LogP contribution in [0.4, 0.5) is 0 Å². The fourth-order valence-electron chi connectivity index (χ4n) is 2.48. The zero-order valence-corrected chi connectivity index (χ0v) is 11.4. The maximum Gasteiger partial charge on any atom is 0.245 e. The van der Waals surface area contributed by atoms with E-state index >= 15 is 0 Å². The van der Waals surface area contributed by atoms with E-state index in [4.69, 9.17) is 9.26 Å². The molecule has 0 saturated carbocycles. The molecule has 2 aliphatic rings. The van der Waals surface area contributed by atoms with Crippen molar-refractivity contribution < 1.29 is 17.7 Å². The summed E-state index contributed by atoms with van der Waals surface area (Å²) >= 11 is 0. The predicted octanol–water partition coefficient (Wildman–Crippen LogP) is 0.370. The summed E-state index contributed by atoms with van der Waals surface area (Å²) in [6, 6.07) is -0.113. The van der Waals surface area contributed by atoms with Gasteiger partial charge in [0.1, 0.15) is 5.25 Å². The summed E-state index contributed by atoms with van der Waals surface area (Å²) in [5.74, 6) is 0.915. The number of nitrogens with zero attached hydrogens (tertiary/aromatic N) is 2. The molecule has 2 aliphatic heterocycles. The van der Waals surface area contributed by atoms with Crippen molar-refractivity contribution in [2.24, 2.45) is 0 Å². The van der Waals surface area contributed by atoms with Gasteiger partial charge in [0.2, 0.25) is 5.89 Å². The zero-order valence-electron chi connectivity index (χ0n) is 10.5. The first-order valence-electron chi connectivity index (χ1n) is 6.53. The highest BCUT2D eigenvalue weighted by atomic mass is 32.2. The summed E-state index contributed by atoms with van der Waals surface area (Å²) in [7, 11) is -3.14. The van der Waals surface area contributed by atoms with Crippen LogP contribution >= 0.6 is 0 Å². The number of ether oxygens (including phenoxy) is 1. The van der Waals surface area contributed by atoms with Crippen molar-refractivity contribution in [2.45, 2.75) is 30.6 Å². The van der Waals surface area contributed by atoms with Crippen molar-refractivity contribution in [3.8, 4) is 0 Å². The van der Waals surface area contributed by atoms with Gasteiger partial charge < -0.3 is 14.6 Å². The average Bonchev–Trinajstić information content (AvgIpc) is 2.88. The van der Waals surface area contributed by atoms with Crippen molar-refractivity contribution in [1.82, 2.24) is 15.5 Å². The van der Waals surface area contributed by atoms with Gasteiger partial charge in [0, 0.05) is 6.54 Å². The second-order valence-electron chi connectivity index (χ2n) is 4.92. The summed E-state index contributed by atoms with van der Waals surface area (Å²) in [5, 5.41) is 6.47. The Kier molecular flexibility index (Phi) is 3.55. The third kappa shape index (κ3) is 2.65. The van der Waals surface area contributed by atoms with Gasteiger partial charge >= 0.3 is 0 Å². The smallest absolute Gasteiger partial charge is 0.245 e. The van der Waals surface area contributed by atoms with E-state index in [1.807, 2.05) is 0 Å². The standard InChI is InChI=1S/C11H17N3O4S/c15-19(16)6-2-1-3-9(19)11-13-10(14-18-11)8-7-17-5-4-12-8/h8-9,12H,1-7H2. The maximum absolute atomic E-state index is 12.0. The Bertz CT molecular complexity index is 536. The highest BCUT2D eigenvalue weighted by Gasteiger charge is 2.35. The molecule has 3 heterocycles. The van der Waals surface area contributed by atoms with Crippen LogP contribution in [0.1, 0.15) is 42.3 Å². The van der Waals surface area contributed by atoms with Gasteiger partial charge in [-0.25, -0.2) is 8.42 Å². The van der Waals surface area contributed by atoms with Gasteiger partial charge in [-0.05, 0) is 12.8 Å². The Balaban J connectivity index is 1.80. The average molecular weight is 287 g/mol. The van der Waals surface area contributed by atoms with Crippen LogP contribution in [0, 0.1) is 0 Å². The molecule has 2 saturated heterocycles. The second kappa shape index (κ2) is 5.18. The first-order chi connectivity index (χ1) is 9.17. The Morgan fingerprint density at radius 2 is 2.21 bits per heavy atom. The molecule has 106 valence electrons. The van der Waals surface area contributed by atoms with E-state index in [1.165, 1.54) is 0 Å². The molecule has 0 spiro atoms. The summed E-state index contributed by atoms with van der Waals surface area (Å²) in [5.41, 5.74) is 0. The minimum Gasteiger partial charge on any atom is -0.378 e. The quantitative estimate of drug-likeness (QED) is 0.839. The van der Waals surface area contributed by atoms with Gasteiger partial charge in [0.25, 0.3) is 0 Å². The van der Waals surface area contributed by atoms with Gasteiger partial charge in [-0.15, -0.1) is 0 Å². The van der Waals surface area contributed by atoms with E-state index < -0.39 is 15.1 Å². The number of sulfone groups is 1. The topological polar surface area (TPSA) is 94.3 Å². The van der Waals surface area contributed by atoms with E-state index in [1.54, 1.807) is 0 Å². The molecule has 0 amide bonds. The van der Waals surface area contributed by atoms with Crippen molar-refractivity contribution in [3.05, 3.63) is 11.7 Å². The summed E-state index contributed by atoms with van der Waals surface area (Å²) in [6.45, 7) is 1.88. The van der Waals surface area contributed by atoms with Crippen LogP contribution in [0.25, 0.3) is 0 Å². The first kappa shape index (κ1) is 13.0. The third-order valence-electron chi connectivity index (χ3n) is 3.54. The summed E-state index contributed by atoms with van der Waals surface area (Å²) in [6.07, 6.45) is 2.17. The highest BCUT2D eigenvalue weighted by molar-refractivity contribution is 7.91. The van der Waals surface area contributed by atoms with Crippen molar-refractivity contribution in [2.75, 3.05) is 25.5 Å².